The summed E-state index contributed by atoms with van der Waals surface area (Å²) in [7, 11) is 1.70. The van der Waals surface area contributed by atoms with Gasteiger partial charge in [0, 0.05) is 44.7 Å². The molecule has 2 aliphatic heterocycles. The molecule has 1 amide bonds. The predicted molar refractivity (Wildman–Crippen MR) is 99.2 cm³/mol. The molecule has 1 atom stereocenters. The van der Waals surface area contributed by atoms with Gasteiger partial charge in [0.15, 0.2) is 10.9 Å². The summed E-state index contributed by atoms with van der Waals surface area (Å²) in [6.07, 6.45) is 2.80. The van der Waals surface area contributed by atoms with E-state index in [2.05, 4.69) is 4.98 Å². The second-order valence-electron chi connectivity index (χ2n) is 6.73. The van der Waals surface area contributed by atoms with E-state index in [1.54, 1.807) is 13.1 Å². The molecule has 3 rings (SSSR count). The van der Waals surface area contributed by atoms with E-state index in [0.717, 1.165) is 5.69 Å². The highest BCUT2D eigenvalue weighted by atomic mass is 32.2. The number of hydrogen-bond donors (Lipinski definition) is 0. The normalized spacial score (nSPS) is 20.5. The zero-order valence-corrected chi connectivity index (χ0v) is 16.5. The van der Waals surface area contributed by atoms with Crippen molar-refractivity contribution in [2.24, 2.45) is 7.05 Å². The Labute approximate surface area is 158 Å². The van der Waals surface area contributed by atoms with Gasteiger partial charge >= 0.3 is 0 Å². The van der Waals surface area contributed by atoms with Crippen LogP contribution in [0.4, 0.5) is 0 Å². The number of hydrogen-bond acceptors (Lipinski definition) is 6. The van der Waals surface area contributed by atoms with Crippen LogP contribution >= 0.6 is 11.8 Å². The monoisotopic (exact) mass is 381 g/mol. The minimum Gasteiger partial charge on any atom is -0.347 e. The van der Waals surface area contributed by atoms with Crippen LogP contribution < -0.4 is 5.56 Å². The van der Waals surface area contributed by atoms with Crippen LogP contribution in [0.3, 0.4) is 0 Å². The summed E-state index contributed by atoms with van der Waals surface area (Å²) < 4.78 is 13.0. The molecular formula is C18H27N3O4S. The van der Waals surface area contributed by atoms with Gasteiger partial charge < -0.3 is 14.4 Å². The summed E-state index contributed by atoms with van der Waals surface area (Å²) in [5.74, 6) is -0.381. The van der Waals surface area contributed by atoms with Crippen LogP contribution in [-0.2, 0) is 27.7 Å². The molecule has 1 unspecified atom stereocenters. The number of ether oxygens (including phenoxy) is 2. The Balaban J connectivity index is 1.68. The van der Waals surface area contributed by atoms with Gasteiger partial charge in [0.2, 0.25) is 5.91 Å². The van der Waals surface area contributed by atoms with E-state index in [0.29, 0.717) is 57.1 Å². The number of piperidine rings is 1. The van der Waals surface area contributed by atoms with E-state index in [-0.39, 0.29) is 16.7 Å². The fraction of sp³-hybridized carbons (Fsp3) is 0.722. The third-order valence-electron chi connectivity index (χ3n) is 5.05. The smallest absolute Gasteiger partial charge is 0.254 e. The fourth-order valence-electron chi connectivity index (χ4n) is 3.34. The minimum atomic E-state index is -0.480. The van der Waals surface area contributed by atoms with Crippen molar-refractivity contribution >= 4 is 17.7 Å². The van der Waals surface area contributed by atoms with Crippen LogP contribution in [0.2, 0.25) is 0 Å². The Hall–Kier alpha value is -1.38. The van der Waals surface area contributed by atoms with Gasteiger partial charge in [-0.25, -0.2) is 4.98 Å². The highest BCUT2D eigenvalue weighted by molar-refractivity contribution is 8.00. The SMILES string of the molecule is CCc1cc(=O)n(C)c(SC(CC)C(=O)N2CCC3(CC2)OCCO3)n1. The molecule has 0 bridgehead atoms. The largest absolute Gasteiger partial charge is 0.347 e. The third-order valence-corrected chi connectivity index (χ3v) is 6.45. The first-order valence-corrected chi connectivity index (χ1v) is 10.2. The van der Waals surface area contributed by atoms with Crippen molar-refractivity contribution in [3.63, 3.8) is 0 Å². The number of carbonyl (C=O) groups excluding carboxylic acids is 1. The highest BCUT2D eigenvalue weighted by Crippen LogP contribution is 2.33. The van der Waals surface area contributed by atoms with E-state index in [1.807, 2.05) is 18.7 Å². The Morgan fingerprint density at radius 1 is 1.31 bits per heavy atom. The molecule has 8 heteroatoms. The minimum absolute atomic E-state index is 0.0860. The topological polar surface area (TPSA) is 73.7 Å². The molecule has 1 spiro atoms. The molecule has 0 saturated carbocycles. The quantitative estimate of drug-likeness (QED) is 0.570. The number of rotatable bonds is 5. The molecule has 2 saturated heterocycles. The van der Waals surface area contributed by atoms with Crippen molar-refractivity contribution < 1.29 is 14.3 Å². The van der Waals surface area contributed by atoms with E-state index < -0.39 is 5.79 Å². The maximum absolute atomic E-state index is 13.0. The number of nitrogens with zero attached hydrogens (tertiary/aromatic N) is 3. The van der Waals surface area contributed by atoms with Crippen LogP contribution in [0.15, 0.2) is 16.0 Å². The molecule has 1 aromatic rings. The first-order valence-electron chi connectivity index (χ1n) is 9.28. The van der Waals surface area contributed by atoms with Crippen molar-refractivity contribution in [3.8, 4) is 0 Å². The summed E-state index contributed by atoms with van der Waals surface area (Å²) in [4.78, 5) is 31.5. The second kappa shape index (κ2) is 8.10. The maximum Gasteiger partial charge on any atom is 0.254 e. The van der Waals surface area contributed by atoms with Crippen molar-refractivity contribution in [3.05, 3.63) is 22.1 Å². The summed E-state index contributed by atoms with van der Waals surface area (Å²) in [5, 5.41) is 0.352. The first-order chi connectivity index (χ1) is 12.5. The average Bonchev–Trinajstić information content (AvgIpc) is 3.10. The summed E-state index contributed by atoms with van der Waals surface area (Å²) in [6.45, 7) is 6.50. The summed E-state index contributed by atoms with van der Waals surface area (Å²) in [5.41, 5.74) is 0.672. The number of amides is 1. The van der Waals surface area contributed by atoms with Gasteiger partial charge in [0.1, 0.15) is 0 Å². The van der Waals surface area contributed by atoms with Crippen molar-refractivity contribution in [2.75, 3.05) is 26.3 Å². The molecular weight excluding hydrogens is 354 g/mol. The average molecular weight is 381 g/mol. The van der Waals surface area contributed by atoms with Crippen LogP contribution in [0.5, 0.6) is 0 Å². The molecule has 0 radical (unpaired) electrons. The Morgan fingerprint density at radius 2 is 1.96 bits per heavy atom. The van der Waals surface area contributed by atoms with Gasteiger partial charge in [-0.2, -0.15) is 0 Å². The number of aromatic nitrogens is 2. The molecule has 26 heavy (non-hydrogen) atoms. The van der Waals surface area contributed by atoms with Crippen molar-refractivity contribution in [1.29, 1.82) is 0 Å². The number of likely N-dealkylation sites (tertiary alicyclic amines) is 1. The molecule has 1 aromatic heterocycles. The standard InChI is InChI=1S/C18H27N3O4S/c1-4-13-12-15(22)20(3)17(19-13)26-14(5-2)16(23)21-8-6-18(7-9-21)24-10-11-25-18/h12,14H,4-11H2,1-3H3. The number of thioether (sulfide) groups is 1. The van der Waals surface area contributed by atoms with Crippen LogP contribution in [-0.4, -0.2) is 57.7 Å². The zero-order chi connectivity index (χ0) is 18.7. The molecule has 2 fully saturated rings. The van der Waals surface area contributed by atoms with E-state index in [4.69, 9.17) is 9.47 Å². The summed E-state index contributed by atoms with van der Waals surface area (Å²) in [6, 6.07) is 1.55. The second-order valence-corrected chi connectivity index (χ2v) is 7.90. The molecule has 0 aliphatic carbocycles. The van der Waals surface area contributed by atoms with Crippen molar-refractivity contribution in [2.45, 2.75) is 55.7 Å². The van der Waals surface area contributed by atoms with Gasteiger partial charge in [0.05, 0.1) is 18.5 Å². The van der Waals surface area contributed by atoms with E-state index in [1.165, 1.54) is 16.3 Å². The van der Waals surface area contributed by atoms with Gasteiger partial charge in [-0.05, 0) is 12.8 Å². The van der Waals surface area contributed by atoms with Crippen LogP contribution in [0.25, 0.3) is 0 Å². The highest BCUT2D eigenvalue weighted by Gasteiger charge is 2.41. The lowest BCUT2D eigenvalue weighted by Crippen LogP contribution is -2.49. The lowest BCUT2D eigenvalue weighted by atomic mass is 10.0. The lowest BCUT2D eigenvalue weighted by molar-refractivity contribution is -0.187. The van der Waals surface area contributed by atoms with Crippen LogP contribution in [0, 0.1) is 0 Å². The Morgan fingerprint density at radius 3 is 2.54 bits per heavy atom. The molecule has 144 valence electrons. The van der Waals surface area contributed by atoms with Gasteiger partial charge in [-0.1, -0.05) is 25.6 Å². The fourth-order valence-corrected chi connectivity index (χ4v) is 4.43. The molecule has 7 nitrogen and oxygen atoms in total. The number of aryl methyl sites for hydroxylation is 1. The zero-order valence-electron chi connectivity index (χ0n) is 15.7. The molecule has 0 N–H and O–H groups in total. The van der Waals surface area contributed by atoms with Gasteiger partial charge in [0.25, 0.3) is 5.56 Å². The Kier molecular flexibility index (Phi) is 6.04. The Bertz CT molecular complexity index is 705. The molecule has 2 aliphatic rings. The predicted octanol–water partition coefficient (Wildman–Crippen LogP) is 1.58. The number of carbonyl (C=O) groups is 1. The third kappa shape index (κ3) is 3.97. The van der Waals surface area contributed by atoms with E-state index in [9.17, 15) is 9.59 Å². The molecule has 3 heterocycles. The van der Waals surface area contributed by atoms with E-state index >= 15 is 0 Å². The van der Waals surface area contributed by atoms with Gasteiger partial charge in [-0.3, -0.25) is 14.2 Å². The van der Waals surface area contributed by atoms with Crippen LogP contribution in [0.1, 0.15) is 38.8 Å². The first kappa shape index (κ1) is 19.4. The summed E-state index contributed by atoms with van der Waals surface area (Å²) >= 11 is 1.38. The lowest BCUT2D eigenvalue weighted by Gasteiger charge is -2.38. The maximum atomic E-state index is 13.0. The van der Waals surface area contributed by atoms with Crippen molar-refractivity contribution in [1.82, 2.24) is 14.5 Å². The van der Waals surface area contributed by atoms with Gasteiger partial charge in [-0.15, -0.1) is 0 Å². The molecule has 0 aromatic carbocycles.